The lowest BCUT2D eigenvalue weighted by atomic mass is 10.3. The average Bonchev–Trinajstić information content (AvgIpc) is 2.10. The van der Waals surface area contributed by atoms with Crippen LogP contribution < -0.4 is 0 Å². The number of allylic oxidation sites excluding steroid dienone is 1. The monoisotopic (exact) mass is 172 g/mol. The van der Waals surface area contributed by atoms with E-state index in [1.54, 1.807) is 6.26 Å². The molecule has 0 aliphatic carbocycles. The topological polar surface area (TPSA) is 29.5 Å². The van der Waals surface area contributed by atoms with Crippen molar-refractivity contribution in [3.8, 4) is 0 Å². The van der Waals surface area contributed by atoms with Crippen LogP contribution in [0.1, 0.15) is 39.0 Å². The minimum Gasteiger partial charge on any atom is -0.502 e. The zero-order valence-electron chi connectivity index (χ0n) is 7.96. The van der Waals surface area contributed by atoms with Crippen molar-refractivity contribution < 1.29 is 9.84 Å². The number of unbranched alkanes of at least 4 members (excludes halogenated alkanes) is 3. The van der Waals surface area contributed by atoms with Crippen molar-refractivity contribution in [2.24, 2.45) is 0 Å². The Hall–Kier alpha value is -0.500. The van der Waals surface area contributed by atoms with Gasteiger partial charge in [-0.2, -0.15) is 0 Å². The van der Waals surface area contributed by atoms with Gasteiger partial charge < -0.3 is 9.84 Å². The quantitative estimate of drug-likeness (QED) is 0.450. The molecule has 0 rings (SSSR count). The molecule has 0 amide bonds. The van der Waals surface area contributed by atoms with Crippen molar-refractivity contribution in [1.29, 1.82) is 0 Å². The summed E-state index contributed by atoms with van der Waals surface area (Å²) in [4.78, 5) is 0. The Bertz CT molecular complexity index is 100. The maximum atomic E-state index is 8.46. The highest BCUT2D eigenvalue weighted by molar-refractivity contribution is 4.72. The van der Waals surface area contributed by atoms with Crippen LogP contribution in [0.2, 0.25) is 0 Å². The van der Waals surface area contributed by atoms with E-state index in [1.165, 1.54) is 12.8 Å². The Labute approximate surface area is 75.2 Å². The summed E-state index contributed by atoms with van der Waals surface area (Å²) in [5.41, 5.74) is 0. The first-order valence-corrected chi connectivity index (χ1v) is 4.79. The summed E-state index contributed by atoms with van der Waals surface area (Å²) in [6.07, 6.45) is 9.05. The Morgan fingerprint density at radius 1 is 1.25 bits per heavy atom. The summed E-state index contributed by atoms with van der Waals surface area (Å²) in [5, 5.41) is 8.46. The molecule has 0 aliphatic heterocycles. The maximum Gasteiger partial charge on any atom is 0.0873 e. The molecule has 72 valence electrons. The van der Waals surface area contributed by atoms with Crippen molar-refractivity contribution in [2.45, 2.75) is 39.0 Å². The van der Waals surface area contributed by atoms with Crippen molar-refractivity contribution in [3.05, 3.63) is 12.3 Å². The van der Waals surface area contributed by atoms with Crippen molar-refractivity contribution in [3.63, 3.8) is 0 Å². The summed E-state index contributed by atoms with van der Waals surface area (Å²) in [6.45, 7) is 3.26. The summed E-state index contributed by atoms with van der Waals surface area (Å²) in [7, 11) is 0. The van der Waals surface area contributed by atoms with Gasteiger partial charge in [-0.25, -0.2) is 0 Å². The molecule has 0 fully saturated rings. The highest BCUT2D eigenvalue weighted by Gasteiger charge is 1.83. The van der Waals surface area contributed by atoms with Gasteiger partial charge in [0.15, 0.2) is 0 Å². The summed E-state index contributed by atoms with van der Waals surface area (Å²) in [6, 6.07) is 0. The van der Waals surface area contributed by atoms with Crippen LogP contribution in [-0.2, 0) is 4.74 Å². The second-order valence-corrected chi connectivity index (χ2v) is 2.82. The number of aliphatic hydroxyl groups is 1. The Morgan fingerprint density at radius 2 is 2.08 bits per heavy atom. The van der Waals surface area contributed by atoms with E-state index in [1.807, 2.05) is 6.08 Å². The molecule has 0 aromatic heterocycles. The fourth-order valence-corrected chi connectivity index (χ4v) is 0.849. The number of aliphatic hydroxyl groups excluding tert-OH is 1. The third-order valence-electron chi connectivity index (χ3n) is 1.59. The number of hydrogen-bond acceptors (Lipinski definition) is 2. The van der Waals surface area contributed by atoms with E-state index in [0.29, 0.717) is 0 Å². The summed E-state index contributed by atoms with van der Waals surface area (Å²) < 4.78 is 5.22. The van der Waals surface area contributed by atoms with Gasteiger partial charge in [0, 0.05) is 6.61 Å². The molecule has 0 saturated carbocycles. The Kier molecular flexibility index (Phi) is 10.1. The fourth-order valence-electron chi connectivity index (χ4n) is 0.849. The van der Waals surface area contributed by atoms with Crippen LogP contribution >= 0.6 is 0 Å². The molecule has 1 N–H and O–H groups in total. The van der Waals surface area contributed by atoms with Crippen LogP contribution in [0.5, 0.6) is 0 Å². The summed E-state index contributed by atoms with van der Waals surface area (Å²) >= 11 is 0. The summed E-state index contributed by atoms with van der Waals surface area (Å²) in [5.74, 6) is 0. The van der Waals surface area contributed by atoms with E-state index in [4.69, 9.17) is 9.84 Å². The molecule has 0 bridgehead atoms. The minimum atomic E-state index is 0.264. The molecule has 0 aromatic rings. The smallest absolute Gasteiger partial charge is 0.0873 e. The standard InChI is InChI=1S/C10H20O2/c1-2-3-6-9-12-10-7-4-5-8-11/h7,10-11H,2-6,8-9H2,1H3. The molecule has 2 nitrogen and oxygen atoms in total. The lowest BCUT2D eigenvalue weighted by Crippen LogP contribution is -1.86. The SMILES string of the molecule is CCCCCOC=CCCCO. The van der Waals surface area contributed by atoms with Crippen molar-refractivity contribution in [2.75, 3.05) is 13.2 Å². The second-order valence-electron chi connectivity index (χ2n) is 2.82. The molecule has 12 heavy (non-hydrogen) atoms. The highest BCUT2D eigenvalue weighted by Crippen LogP contribution is 1.95. The van der Waals surface area contributed by atoms with Gasteiger partial charge in [0.1, 0.15) is 0 Å². The molecular formula is C10H20O2. The van der Waals surface area contributed by atoms with E-state index in [9.17, 15) is 0 Å². The lowest BCUT2D eigenvalue weighted by Gasteiger charge is -1.98. The molecule has 0 saturated heterocycles. The van der Waals surface area contributed by atoms with Crippen molar-refractivity contribution >= 4 is 0 Å². The van der Waals surface area contributed by atoms with E-state index >= 15 is 0 Å². The van der Waals surface area contributed by atoms with Gasteiger partial charge in [-0.1, -0.05) is 19.8 Å². The number of rotatable bonds is 8. The maximum absolute atomic E-state index is 8.46. The van der Waals surface area contributed by atoms with Gasteiger partial charge in [0.05, 0.1) is 12.9 Å². The van der Waals surface area contributed by atoms with E-state index in [2.05, 4.69) is 6.92 Å². The van der Waals surface area contributed by atoms with Gasteiger partial charge in [0.2, 0.25) is 0 Å². The highest BCUT2D eigenvalue weighted by atomic mass is 16.5. The number of ether oxygens (including phenoxy) is 1. The second kappa shape index (κ2) is 10.5. The molecule has 0 unspecified atom stereocenters. The lowest BCUT2D eigenvalue weighted by molar-refractivity contribution is 0.239. The first-order chi connectivity index (χ1) is 5.91. The van der Waals surface area contributed by atoms with Crippen LogP contribution in [0.25, 0.3) is 0 Å². The van der Waals surface area contributed by atoms with Gasteiger partial charge in [-0.15, -0.1) is 0 Å². The van der Waals surface area contributed by atoms with Crippen molar-refractivity contribution in [1.82, 2.24) is 0 Å². The van der Waals surface area contributed by atoms with Gasteiger partial charge in [0.25, 0.3) is 0 Å². The zero-order valence-corrected chi connectivity index (χ0v) is 7.96. The molecule has 0 aliphatic rings. The molecular weight excluding hydrogens is 152 g/mol. The minimum absolute atomic E-state index is 0.264. The van der Waals surface area contributed by atoms with Gasteiger partial charge in [-0.05, 0) is 25.3 Å². The van der Waals surface area contributed by atoms with Crippen LogP contribution in [0, 0.1) is 0 Å². The van der Waals surface area contributed by atoms with Crippen LogP contribution in [0.15, 0.2) is 12.3 Å². The Morgan fingerprint density at radius 3 is 2.75 bits per heavy atom. The van der Waals surface area contributed by atoms with Crippen LogP contribution in [0.3, 0.4) is 0 Å². The largest absolute Gasteiger partial charge is 0.502 e. The molecule has 2 heteroatoms. The third-order valence-corrected chi connectivity index (χ3v) is 1.59. The molecule has 0 atom stereocenters. The molecule has 0 radical (unpaired) electrons. The number of hydrogen-bond donors (Lipinski definition) is 1. The molecule has 0 spiro atoms. The Balaban J connectivity index is 2.92. The van der Waals surface area contributed by atoms with Crippen LogP contribution in [-0.4, -0.2) is 18.3 Å². The zero-order chi connectivity index (χ0) is 9.07. The average molecular weight is 172 g/mol. The predicted octanol–water partition coefficient (Wildman–Crippen LogP) is 2.48. The van der Waals surface area contributed by atoms with Crippen LogP contribution in [0.4, 0.5) is 0 Å². The third kappa shape index (κ3) is 9.50. The normalized spacial score (nSPS) is 10.8. The van der Waals surface area contributed by atoms with E-state index < -0.39 is 0 Å². The van der Waals surface area contributed by atoms with E-state index in [-0.39, 0.29) is 6.61 Å². The first-order valence-electron chi connectivity index (χ1n) is 4.79. The molecule has 0 aromatic carbocycles. The van der Waals surface area contributed by atoms with Gasteiger partial charge in [-0.3, -0.25) is 0 Å². The molecule has 0 heterocycles. The van der Waals surface area contributed by atoms with E-state index in [0.717, 1.165) is 25.9 Å². The fraction of sp³-hybridized carbons (Fsp3) is 0.800. The first kappa shape index (κ1) is 11.5. The van der Waals surface area contributed by atoms with Gasteiger partial charge >= 0.3 is 0 Å². The predicted molar refractivity (Wildman–Crippen MR) is 50.9 cm³/mol.